The third-order valence-electron chi connectivity index (χ3n) is 4.76. The molecule has 0 aromatic carbocycles. The summed E-state index contributed by atoms with van der Waals surface area (Å²) in [6.45, 7) is 5.68. The van der Waals surface area contributed by atoms with E-state index in [1.54, 1.807) is 0 Å². The normalized spacial score (nSPS) is 32.4. The standard InChI is InChI=1S/C15H31N3O/c1-12(19)13-9-15(11-18(10-13)8-7-16)17-14-5-3-2-4-6-14/h12-15,17,19H,2-11,16H2,1H3. The molecule has 2 fully saturated rings. The number of aliphatic hydroxyl groups excluding tert-OH is 1. The van der Waals surface area contributed by atoms with Crippen molar-refractivity contribution in [2.24, 2.45) is 11.7 Å². The number of piperidine rings is 1. The first kappa shape index (κ1) is 15.2. The third-order valence-corrected chi connectivity index (χ3v) is 4.76. The van der Waals surface area contributed by atoms with Crippen molar-refractivity contribution in [1.82, 2.24) is 10.2 Å². The predicted octanol–water partition coefficient (Wildman–Crippen LogP) is 0.939. The van der Waals surface area contributed by atoms with Gasteiger partial charge in [0, 0.05) is 38.3 Å². The van der Waals surface area contributed by atoms with Crippen molar-refractivity contribution >= 4 is 0 Å². The molecule has 1 saturated carbocycles. The van der Waals surface area contributed by atoms with Crippen LogP contribution in [0.1, 0.15) is 45.4 Å². The van der Waals surface area contributed by atoms with Gasteiger partial charge in [-0.25, -0.2) is 0 Å². The topological polar surface area (TPSA) is 61.5 Å². The fourth-order valence-electron chi connectivity index (χ4n) is 3.67. The highest BCUT2D eigenvalue weighted by atomic mass is 16.3. The molecule has 4 heteroatoms. The zero-order valence-corrected chi connectivity index (χ0v) is 12.4. The Bertz CT molecular complexity index is 254. The van der Waals surface area contributed by atoms with Gasteiger partial charge < -0.3 is 21.1 Å². The zero-order chi connectivity index (χ0) is 13.7. The van der Waals surface area contributed by atoms with E-state index in [0.29, 0.717) is 24.5 Å². The predicted molar refractivity (Wildman–Crippen MR) is 79.1 cm³/mol. The van der Waals surface area contributed by atoms with Crippen molar-refractivity contribution in [1.29, 1.82) is 0 Å². The highest BCUT2D eigenvalue weighted by molar-refractivity contribution is 4.88. The molecule has 4 nitrogen and oxygen atoms in total. The zero-order valence-electron chi connectivity index (χ0n) is 12.4. The minimum Gasteiger partial charge on any atom is -0.393 e. The van der Waals surface area contributed by atoms with Crippen LogP contribution in [0.15, 0.2) is 0 Å². The molecule has 1 heterocycles. The number of likely N-dealkylation sites (tertiary alicyclic amines) is 1. The molecule has 3 unspecified atom stereocenters. The number of nitrogens with zero attached hydrogens (tertiary/aromatic N) is 1. The maximum Gasteiger partial charge on any atom is 0.0553 e. The van der Waals surface area contributed by atoms with Gasteiger partial charge in [0.25, 0.3) is 0 Å². The van der Waals surface area contributed by atoms with Crippen molar-refractivity contribution in [3.63, 3.8) is 0 Å². The molecule has 0 spiro atoms. The lowest BCUT2D eigenvalue weighted by atomic mass is 9.88. The molecule has 19 heavy (non-hydrogen) atoms. The molecule has 3 atom stereocenters. The second-order valence-electron chi connectivity index (χ2n) is 6.48. The van der Waals surface area contributed by atoms with Gasteiger partial charge in [-0.1, -0.05) is 19.3 Å². The summed E-state index contributed by atoms with van der Waals surface area (Å²) in [4.78, 5) is 2.42. The van der Waals surface area contributed by atoms with E-state index in [4.69, 9.17) is 5.73 Å². The molecule has 1 aliphatic heterocycles. The summed E-state index contributed by atoms with van der Waals surface area (Å²) in [6, 6.07) is 1.23. The molecule has 0 aromatic heterocycles. The summed E-state index contributed by atoms with van der Waals surface area (Å²) in [6.07, 6.45) is 7.69. The summed E-state index contributed by atoms with van der Waals surface area (Å²) in [5, 5.41) is 13.7. The maximum atomic E-state index is 9.90. The van der Waals surface area contributed by atoms with Crippen LogP contribution < -0.4 is 11.1 Å². The van der Waals surface area contributed by atoms with Gasteiger partial charge >= 0.3 is 0 Å². The van der Waals surface area contributed by atoms with Crippen molar-refractivity contribution in [2.75, 3.05) is 26.2 Å². The average Bonchev–Trinajstić information content (AvgIpc) is 2.40. The number of aliphatic hydroxyl groups is 1. The Morgan fingerprint density at radius 1 is 1.21 bits per heavy atom. The van der Waals surface area contributed by atoms with E-state index >= 15 is 0 Å². The first-order valence-electron chi connectivity index (χ1n) is 8.05. The fourth-order valence-corrected chi connectivity index (χ4v) is 3.67. The molecule has 1 saturated heterocycles. The number of hydrogen-bond acceptors (Lipinski definition) is 4. The van der Waals surface area contributed by atoms with Crippen LogP contribution in [0, 0.1) is 5.92 Å². The highest BCUT2D eigenvalue weighted by Crippen LogP contribution is 2.23. The van der Waals surface area contributed by atoms with Crippen molar-refractivity contribution in [2.45, 2.75) is 63.6 Å². The Morgan fingerprint density at radius 2 is 1.95 bits per heavy atom. The Kier molecular flexibility index (Phi) is 6.07. The number of rotatable bonds is 5. The molecule has 0 radical (unpaired) electrons. The summed E-state index contributed by atoms with van der Waals surface area (Å²) in [5.74, 6) is 0.390. The van der Waals surface area contributed by atoms with Gasteiger partial charge in [-0.3, -0.25) is 0 Å². The number of nitrogens with two attached hydrogens (primary N) is 1. The van der Waals surface area contributed by atoms with E-state index in [1.165, 1.54) is 32.1 Å². The van der Waals surface area contributed by atoms with Crippen LogP contribution in [0.25, 0.3) is 0 Å². The molecule has 0 bridgehead atoms. The molecule has 0 aromatic rings. The van der Waals surface area contributed by atoms with E-state index < -0.39 is 0 Å². The molecular formula is C15H31N3O. The molecule has 0 amide bonds. The summed E-state index contributed by atoms with van der Waals surface area (Å²) < 4.78 is 0. The molecule has 2 rings (SSSR count). The Balaban J connectivity index is 1.86. The highest BCUT2D eigenvalue weighted by Gasteiger charge is 2.30. The Labute approximate surface area is 117 Å². The van der Waals surface area contributed by atoms with Gasteiger partial charge in [0.05, 0.1) is 6.10 Å². The van der Waals surface area contributed by atoms with Crippen LogP contribution in [-0.4, -0.2) is 54.4 Å². The Morgan fingerprint density at radius 3 is 2.58 bits per heavy atom. The van der Waals surface area contributed by atoms with Gasteiger partial charge in [0.15, 0.2) is 0 Å². The lowest BCUT2D eigenvalue weighted by Gasteiger charge is -2.41. The van der Waals surface area contributed by atoms with E-state index in [-0.39, 0.29) is 6.10 Å². The van der Waals surface area contributed by atoms with E-state index in [1.807, 2.05) is 6.92 Å². The first-order chi connectivity index (χ1) is 9.19. The van der Waals surface area contributed by atoms with Gasteiger partial charge in [0.2, 0.25) is 0 Å². The summed E-state index contributed by atoms with van der Waals surface area (Å²) >= 11 is 0. The van der Waals surface area contributed by atoms with Gasteiger partial charge in [-0.2, -0.15) is 0 Å². The van der Waals surface area contributed by atoms with Gasteiger partial charge in [-0.05, 0) is 32.1 Å². The van der Waals surface area contributed by atoms with Crippen molar-refractivity contribution in [3.8, 4) is 0 Å². The second-order valence-corrected chi connectivity index (χ2v) is 6.48. The summed E-state index contributed by atoms with van der Waals surface area (Å²) in [5.41, 5.74) is 5.69. The average molecular weight is 269 g/mol. The molecule has 2 aliphatic rings. The Hall–Kier alpha value is -0.160. The van der Waals surface area contributed by atoms with Crippen molar-refractivity contribution in [3.05, 3.63) is 0 Å². The van der Waals surface area contributed by atoms with E-state index in [2.05, 4.69) is 10.2 Å². The smallest absolute Gasteiger partial charge is 0.0553 e. The minimum absolute atomic E-state index is 0.212. The first-order valence-corrected chi connectivity index (χ1v) is 8.05. The lowest BCUT2D eigenvalue weighted by molar-refractivity contribution is 0.0459. The molecular weight excluding hydrogens is 238 g/mol. The minimum atomic E-state index is -0.212. The monoisotopic (exact) mass is 269 g/mol. The number of hydrogen-bond donors (Lipinski definition) is 3. The van der Waals surface area contributed by atoms with E-state index in [9.17, 15) is 5.11 Å². The van der Waals surface area contributed by atoms with Crippen LogP contribution in [-0.2, 0) is 0 Å². The second kappa shape index (κ2) is 7.58. The van der Waals surface area contributed by atoms with Crippen LogP contribution in [0.2, 0.25) is 0 Å². The van der Waals surface area contributed by atoms with Crippen molar-refractivity contribution < 1.29 is 5.11 Å². The quantitative estimate of drug-likeness (QED) is 0.695. The third kappa shape index (κ3) is 4.71. The largest absolute Gasteiger partial charge is 0.393 e. The lowest BCUT2D eigenvalue weighted by Crippen LogP contribution is -2.54. The molecule has 4 N–H and O–H groups in total. The number of nitrogens with one attached hydrogen (secondary N) is 1. The summed E-state index contributed by atoms with van der Waals surface area (Å²) in [7, 11) is 0. The van der Waals surface area contributed by atoms with E-state index in [0.717, 1.165) is 26.1 Å². The van der Waals surface area contributed by atoms with Gasteiger partial charge in [0.1, 0.15) is 0 Å². The fraction of sp³-hybridized carbons (Fsp3) is 1.00. The molecule has 112 valence electrons. The molecule has 1 aliphatic carbocycles. The SMILES string of the molecule is CC(O)C1CC(NC2CCCCC2)CN(CCN)C1. The maximum absolute atomic E-state index is 9.90. The van der Waals surface area contributed by atoms with Crippen LogP contribution in [0.4, 0.5) is 0 Å². The van der Waals surface area contributed by atoms with Crippen LogP contribution in [0.3, 0.4) is 0 Å². The van der Waals surface area contributed by atoms with Gasteiger partial charge in [-0.15, -0.1) is 0 Å². The van der Waals surface area contributed by atoms with Crippen LogP contribution in [0.5, 0.6) is 0 Å². The van der Waals surface area contributed by atoms with Crippen LogP contribution >= 0.6 is 0 Å².